The Bertz CT molecular complexity index is 1280. The summed E-state index contributed by atoms with van der Waals surface area (Å²) in [6, 6.07) is 28.3. The van der Waals surface area contributed by atoms with Gasteiger partial charge in [0.05, 0.1) is 10.9 Å². The molecule has 5 nitrogen and oxygen atoms in total. The molecule has 0 unspecified atom stereocenters. The van der Waals surface area contributed by atoms with Crippen molar-refractivity contribution in [1.82, 2.24) is 19.5 Å². The maximum atomic E-state index is 4.78. The predicted molar refractivity (Wildman–Crippen MR) is 135 cm³/mol. The highest BCUT2D eigenvalue weighted by Gasteiger charge is 2.27. The molecule has 1 saturated heterocycles. The number of hydrogen-bond acceptors (Lipinski definition) is 5. The van der Waals surface area contributed by atoms with E-state index in [2.05, 4.69) is 94.0 Å². The molecule has 164 valence electrons. The lowest BCUT2D eigenvalue weighted by molar-refractivity contribution is 0.212. The van der Waals surface area contributed by atoms with E-state index < -0.39 is 0 Å². The van der Waals surface area contributed by atoms with Crippen LogP contribution in [0.25, 0.3) is 16.1 Å². The van der Waals surface area contributed by atoms with Gasteiger partial charge in [-0.3, -0.25) is 4.90 Å². The van der Waals surface area contributed by atoms with Gasteiger partial charge in [0.2, 0.25) is 0 Å². The Kier molecular flexibility index (Phi) is 5.38. The van der Waals surface area contributed by atoms with Crippen LogP contribution in [-0.2, 0) is 0 Å². The van der Waals surface area contributed by atoms with Gasteiger partial charge in [0.15, 0.2) is 5.82 Å². The minimum Gasteiger partial charge on any atom is -0.352 e. The summed E-state index contributed by atoms with van der Waals surface area (Å²) in [4.78, 5) is 10.9. The number of fused-ring (bicyclic) bond motifs is 1. The first-order valence-electron chi connectivity index (χ1n) is 11.3. The van der Waals surface area contributed by atoms with Crippen molar-refractivity contribution in [3.63, 3.8) is 0 Å². The van der Waals surface area contributed by atoms with Crippen molar-refractivity contribution in [2.45, 2.75) is 6.04 Å². The van der Waals surface area contributed by atoms with E-state index in [1.807, 2.05) is 16.9 Å². The summed E-state index contributed by atoms with van der Waals surface area (Å²) in [5.41, 5.74) is 4.76. The summed E-state index contributed by atoms with van der Waals surface area (Å²) in [5, 5.41) is 6.87. The fourth-order valence-corrected chi connectivity index (χ4v) is 5.45. The monoisotopic (exact) mass is 451 g/mol. The van der Waals surface area contributed by atoms with Gasteiger partial charge in [0, 0.05) is 38.6 Å². The van der Waals surface area contributed by atoms with Crippen molar-refractivity contribution < 1.29 is 0 Å². The summed E-state index contributed by atoms with van der Waals surface area (Å²) in [5.74, 6) is 1.02. The highest BCUT2D eigenvalue weighted by Crippen LogP contribution is 2.32. The first kappa shape index (κ1) is 20.1. The molecule has 0 bridgehead atoms. The van der Waals surface area contributed by atoms with Gasteiger partial charge < -0.3 is 4.90 Å². The molecule has 4 heterocycles. The molecule has 1 aliphatic heterocycles. The predicted octanol–water partition coefficient (Wildman–Crippen LogP) is 5.37. The van der Waals surface area contributed by atoms with Gasteiger partial charge in [-0.05, 0) is 28.6 Å². The van der Waals surface area contributed by atoms with Gasteiger partial charge in [-0.1, -0.05) is 66.7 Å². The zero-order valence-corrected chi connectivity index (χ0v) is 19.1. The second-order valence-corrected chi connectivity index (χ2v) is 9.28. The smallest absolute Gasteiger partial charge is 0.154 e. The first-order chi connectivity index (χ1) is 16.4. The topological polar surface area (TPSA) is 36.7 Å². The molecule has 6 rings (SSSR count). The van der Waals surface area contributed by atoms with E-state index in [-0.39, 0.29) is 6.04 Å². The Morgan fingerprint density at radius 2 is 1.48 bits per heavy atom. The van der Waals surface area contributed by atoms with Crippen LogP contribution in [0.5, 0.6) is 0 Å². The lowest BCUT2D eigenvalue weighted by Gasteiger charge is -2.40. The SMILES string of the molecule is c1ccc(C(c2ccccc2)N2CCN(c3nccn4nc(-c5cccs5)cc34)CC2)cc1. The number of rotatable bonds is 5. The van der Waals surface area contributed by atoms with Crippen molar-refractivity contribution in [2.24, 2.45) is 0 Å². The quantitative estimate of drug-likeness (QED) is 0.360. The molecule has 3 aromatic heterocycles. The summed E-state index contributed by atoms with van der Waals surface area (Å²) in [7, 11) is 0. The Morgan fingerprint density at radius 1 is 0.788 bits per heavy atom. The van der Waals surface area contributed by atoms with Crippen LogP contribution in [0.2, 0.25) is 0 Å². The maximum Gasteiger partial charge on any atom is 0.154 e. The zero-order valence-electron chi connectivity index (χ0n) is 18.3. The van der Waals surface area contributed by atoms with E-state index in [4.69, 9.17) is 10.1 Å². The Morgan fingerprint density at radius 3 is 2.12 bits per heavy atom. The van der Waals surface area contributed by atoms with E-state index in [0.29, 0.717) is 0 Å². The molecule has 6 heteroatoms. The van der Waals surface area contributed by atoms with E-state index in [1.165, 1.54) is 16.0 Å². The first-order valence-corrected chi connectivity index (χ1v) is 12.2. The van der Waals surface area contributed by atoms with Gasteiger partial charge in [0.1, 0.15) is 11.2 Å². The summed E-state index contributed by atoms with van der Waals surface area (Å²) in [6.07, 6.45) is 3.80. The molecular weight excluding hydrogens is 426 g/mol. The van der Waals surface area contributed by atoms with Crippen LogP contribution in [0.3, 0.4) is 0 Å². The molecule has 33 heavy (non-hydrogen) atoms. The van der Waals surface area contributed by atoms with Crippen molar-refractivity contribution in [2.75, 3.05) is 31.1 Å². The Labute approximate surface area is 197 Å². The van der Waals surface area contributed by atoms with Gasteiger partial charge in [-0.15, -0.1) is 11.3 Å². The molecule has 0 spiro atoms. The molecule has 0 aliphatic carbocycles. The van der Waals surface area contributed by atoms with Crippen LogP contribution in [0.1, 0.15) is 17.2 Å². The van der Waals surface area contributed by atoms with Crippen molar-refractivity contribution in [3.05, 3.63) is 108 Å². The molecule has 0 saturated carbocycles. The van der Waals surface area contributed by atoms with Crippen LogP contribution in [-0.4, -0.2) is 45.7 Å². The number of anilines is 1. The molecule has 1 aliphatic rings. The third-order valence-corrected chi connectivity index (χ3v) is 7.25. The fraction of sp³-hybridized carbons (Fsp3) is 0.185. The third kappa shape index (κ3) is 3.92. The second-order valence-electron chi connectivity index (χ2n) is 8.33. The average molecular weight is 452 g/mol. The van der Waals surface area contributed by atoms with Crippen LogP contribution < -0.4 is 4.90 Å². The summed E-state index contributed by atoms with van der Waals surface area (Å²) in [6.45, 7) is 3.82. The summed E-state index contributed by atoms with van der Waals surface area (Å²) < 4.78 is 1.96. The molecule has 5 aromatic rings. The molecular formula is C27H25N5S. The molecule has 0 N–H and O–H groups in total. The maximum absolute atomic E-state index is 4.78. The molecule has 2 aromatic carbocycles. The van der Waals surface area contributed by atoms with E-state index in [1.54, 1.807) is 11.3 Å². The van der Waals surface area contributed by atoms with Crippen molar-refractivity contribution in [1.29, 1.82) is 0 Å². The van der Waals surface area contributed by atoms with E-state index >= 15 is 0 Å². The lowest BCUT2D eigenvalue weighted by atomic mass is 9.96. The molecule has 0 atom stereocenters. The average Bonchev–Trinajstić information content (AvgIpc) is 3.56. The number of aromatic nitrogens is 3. The highest BCUT2D eigenvalue weighted by molar-refractivity contribution is 7.13. The number of hydrogen-bond donors (Lipinski definition) is 0. The summed E-state index contributed by atoms with van der Waals surface area (Å²) >= 11 is 1.72. The number of piperazine rings is 1. The van der Waals surface area contributed by atoms with Crippen molar-refractivity contribution >= 4 is 22.7 Å². The standard InChI is InChI=1S/C27H25N5S/c1-3-8-21(9-4-1)26(22-10-5-2-6-11-22)30-15-17-31(18-16-30)27-24-20-23(25-12-7-19-33-25)29-32(24)14-13-28-27/h1-14,19-20,26H,15-18H2. The Hall–Kier alpha value is -3.48. The van der Waals surface area contributed by atoms with Crippen LogP contribution in [0.4, 0.5) is 5.82 Å². The largest absolute Gasteiger partial charge is 0.352 e. The fourth-order valence-electron chi connectivity index (χ4n) is 4.77. The minimum atomic E-state index is 0.263. The van der Waals surface area contributed by atoms with Crippen LogP contribution >= 0.6 is 11.3 Å². The van der Waals surface area contributed by atoms with E-state index in [0.717, 1.165) is 43.2 Å². The second kappa shape index (κ2) is 8.81. The zero-order chi connectivity index (χ0) is 22.0. The van der Waals surface area contributed by atoms with Crippen LogP contribution in [0, 0.1) is 0 Å². The normalized spacial score (nSPS) is 14.9. The molecule has 1 fully saturated rings. The molecule has 0 amide bonds. The van der Waals surface area contributed by atoms with Gasteiger partial charge in [-0.25, -0.2) is 9.50 Å². The number of nitrogens with zero attached hydrogens (tertiary/aromatic N) is 5. The Balaban J connectivity index is 1.27. The van der Waals surface area contributed by atoms with Gasteiger partial charge >= 0.3 is 0 Å². The number of benzene rings is 2. The number of thiophene rings is 1. The van der Waals surface area contributed by atoms with Gasteiger partial charge in [0.25, 0.3) is 0 Å². The molecule has 0 radical (unpaired) electrons. The lowest BCUT2D eigenvalue weighted by Crippen LogP contribution is -2.48. The van der Waals surface area contributed by atoms with Gasteiger partial charge in [-0.2, -0.15) is 5.10 Å². The van der Waals surface area contributed by atoms with Crippen LogP contribution in [0.15, 0.2) is 96.6 Å². The van der Waals surface area contributed by atoms with Crippen molar-refractivity contribution in [3.8, 4) is 10.6 Å². The third-order valence-electron chi connectivity index (χ3n) is 6.35. The minimum absolute atomic E-state index is 0.263. The highest BCUT2D eigenvalue weighted by atomic mass is 32.1. The van der Waals surface area contributed by atoms with E-state index in [9.17, 15) is 0 Å².